The van der Waals surface area contributed by atoms with Gasteiger partial charge in [0.15, 0.2) is 0 Å². The van der Waals surface area contributed by atoms with E-state index in [0.717, 1.165) is 25.5 Å². The van der Waals surface area contributed by atoms with Gasteiger partial charge in [0.1, 0.15) is 6.29 Å². The molecule has 0 amide bonds. The molecule has 2 atom stereocenters. The van der Waals surface area contributed by atoms with E-state index in [0.29, 0.717) is 0 Å². The van der Waals surface area contributed by atoms with Crippen LogP contribution in [0.25, 0.3) is 0 Å². The van der Waals surface area contributed by atoms with Crippen molar-refractivity contribution < 1.29 is 4.79 Å². The highest BCUT2D eigenvalue weighted by Crippen LogP contribution is 2.27. The van der Waals surface area contributed by atoms with Crippen LogP contribution >= 0.6 is 11.6 Å². The zero-order valence-corrected chi connectivity index (χ0v) is 5.40. The van der Waals surface area contributed by atoms with Crippen LogP contribution in [-0.4, -0.2) is 11.7 Å². The number of hydrogen-bond donors (Lipinski definition) is 0. The molecule has 1 aliphatic rings. The van der Waals surface area contributed by atoms with Crippen LogP contribution < -0.4 is 0 Å². The minimum Gasteiger partial charge on any atom is -0.303 e. The third-order valence-electron chi connectivity index (χ3n) is 1.60. The molecule has 1 aliphatic carbocycles. The molecule has 0 bridgehead atoms. The van der Waals surface area contributed by atoms with Gasteiger partial charge in [0.05, 0.1) is 0 Å². The van der Waals surface area contributed by atoms with Crippen molar-refractivity contribution in [3.05, 3.63) is 0 Å². The molecule has 0 spiro atoms. The van der Waals surface area contributed by atoms with E-state index in [-0.39, 0.29) is 11.3 Å². The molecule has 1 fully saturated rings. The Kier molecular flexibility index (Phi) is 1.90. The van der Waals surface area contributed by atoms with Gasteiger partial charge in [0.2, 0.25) is 0 Å². The molecule has 0 saturated heterocycles. The van der Waals surface area contributed by atoms with Gasteiger partial charge in [-0.25, -0.2) is 0 Å². The van der Waals surface area contributed by atoms with Crippen LogP contribution in [0.3, 0.4) is 0 Å². The lowest BCUT2D eigenvalue weighted by Crippen LogP contribution is -1.94. The average Bonchev–Trinajstić information content (AvgIpc) is 2.14. The molecule has 0 N–H and O–H groups in total. The molecule has 0 aromatic heterocycles. The number of hydrogen-bond acceptors (Lipinski definition) is 1. The van der Waals surface area contributed by atoms with Crippen molar-refractivity contribution >= 4 is 17.9 Å². The maximum Gasteiger partial charge on any atom is 0.123 e. The smallest absolute Gasteiger partial charge is 0.123 e. The van der Waals surface area contributed by atoms with Gasteiger partial charge in [0, 0.05) is 11.3 Å². The van der Waals surface area contributed by atoms with Crippen molar-refractivity contribution in [2.75, 3.05) is 0 Å². The monoisotopic (exact) mass is 132 g/mol. The second-order valence-corrected chi connectivity index (χ2v) is 2.92. The average molecular weight is 133 g/mol. The summed E-state index contributed by atoms with van der Waals surface area (Å²) in [6.07, 6.45) is 3.93. The van der Waals surface area contributed by atoms with Gasteiger partial charge in [-0.2, -0.15) is 0 Å². The van der Waals surface area contributed by atoms with Gasteiger partial charge < -0.3 is 4.79 Å². The molecule has 46 valence electrons. The van der Waals surface area contributed by atoms with Gasteiger partial charge in [-0.05, 0) is 19.3 Å². The molecule has 0 radical (unpaired) electrons. The minimum atomic E-state index is 0.262. The van der Waals surface area contributed by atoms with E-state index in [1.165, 1.54) is 0 Å². The number of halogens is 1. The van der Waals surface area contributed by atoms with Crippen LogP contribution in [0, 0.1) is 5.92 Å². The van der Waals surface area contributed by atoms with Crippen LogP contribution in [0.4, 0.5) is 0 Å². The highest BCUT2D eigenvalue weighted by atomic mass is 35.5. The largest absolute Gasteiger partial charge is 0.303 e. The number of carbonyl (C=O) groups is 1. The van der Waals surface area contributed by atoms with Crippen molar-refractivity contribution in [3.8, 4) is 0 Å². The summed E-state index contributed by atoms with van der Waals surface area (Å²) < 4.78 is 0. The summed E-state index contributed by atoms with van der Waals surface area (Å²) in [7, 11) is 0. The van der Waals surface area contributed by atoms with Gasteiger partial charge >= 0.3 is 0 Å². The molecule has 8 heavy (non-hydrogen) atoms. The molecular weight excluding hydrogens is 124 g/mol. The molecule has 1 saturated carbocycles. The molecule has 2 unspecified atom stereocenters. The minimum absolute atomic E-state index is 0.262. The summed E-state index contributed by atoms with van der Waals surface area (Å²) >= 11 is 5.73. The predicted molar refractivity (Wildman–Crippen MR) is 33.0 cm³/mol. The van der Waals surface area contributed by atoms with Crippen molar-refractivity contribution in [2.45, 2.75) is 24.6 Å². The lowest BCUT2D eigenvalue weighted by atomic mass is 10.1. The molecule has 0 aliphatic heterocycles. The summed E-state index contributed by atoms with van der Waals surface area (Å²) in [4.78, 5) is 10.1. The van der Waals surface area contributed by atoms with Gasteiger partial charge in [-0.1, -0.05) is 0 Å². The van der Waals surface area contributed by atoms with E-state index < -0.39 is 0 Å². The van der Waals surface area contributed by atoms with E-state index in [1.54, 1.807) is 0 Å². The zero-order valence-electron chi connectivity index (χ0n) is 4.64. The highest BCUT2D eigenvalue weighted by Gasteiger charge is 2.21. The van der Waals surface area contributed by atoms with Crippen LogP contribution in [0.15, 0.2) is 0 Å². The third-order valence-corrected chi connectivity index (χ3v) is 2.00. The lowest BCUT2D eigenvalue weighted by molar-refractivity contribution is -0.110. The van der Waals surface area contributed by atoms with Crippen LogP contribution in [0.1, 0.15) is 19.3 Å². The summed E-state index contributed by atoms with van der Waals surface area (Å²) in [5.74, 6) is 0.262. The Labute approximate surface area is 54.0 Å². The van der Waals surface area contributed by atoms with Crippen LogP contribution in [0.2, 0.25) is 0 Å². The van der Waals surface area contributed by atoms with Gasteiger partial charge in [-0.3, -0.25) is 0 Å². The Morgan fingerprint density at radius 1 is 1.50 bits per heavy atom. The zero-order chi connectivity index (χ0) is 5.98. The summed E-state index contributed by atoms with van der Waals surface area (Å²) in [5, 5.41) is 0.269. The Hall–Kier alpha value is -0.0400. The lowest BCUT2D eigenvalue weighted by Gasteiger charge is -1.93. The van der Waals surface area contributed by atoms with Crippen molar-refractivity contribution in [3.63, 3.8) is 0 Å². The van der Waals surface area contributed by atoms with E-state index in [9.17, 15) is 4.79 Å². The van der Waals surface area contributed by atoms with E-state index in [1.807, 2.05) is 0 Å². The van der Waals surface area contributed by atoms with Crippen LogP contribution in [-0.2, 0) is 4.79 Å². The first-order chi connectivity index (χ1) is 3.83. The first-order valence-electron chi connectivity index (χ1n) is 2.92. The van der Waals surface area contributed by atoms with Crippen molar-refractivity contribution in [2.24, 2.45) is 5.92 Å². The van der Waals surface area contributed by atoms with Gasteiger partial charge in [-0.15, -0.1) is 11.6 Å². The highest BCUT2D eigenvalue weighted by molar-refractivity contribution is 6.20. The fourth-order valence-corrected chi connectivity index (χ4v) is 1.44. The van der Waals surface area contributed by atoms with E-state index >= 15 is 0 Å². The topological polar surface area (TPSA) is 17.1 Å². The SMILES string of the molecule is O=CC1CCC(Cl)C1. The first-order valence-corrected chi connectivity index (χ1v) is 3.36. The van der Waals surface area contributed by atoms with Crippen molar-refractivity contribution in [1.29, 1.82) is 0 Å². The van der Waals surface area contributed by atoms with Gasteiger partial charge in [0.25, 0.3) is 0 Å². The summed E-state index contributed by atoms with van der Waals surface area (Å²) in [5.41, 5.74) is 0. The second kappa shape index (κ2) is 2.49. The van der Waals surface area contributed by atoms with E-state index in [4.69, 9.17) is 11.6 Å². The number of aldehydes is 1. The fourth-order valence-electron chi connectivity index (χ4n) is 1.08. The Morgan fingerprint density at radius 3 is 2.50 bits per heavy atom. The molecule has 0 aromatic carbocycles. The molecular formula is C6H9ClO. The van der Waals surface area contributed by atoms with E-state index in [2.05, 4.69) is 0 Å². The first kappa shape index (κ1) is 6.09. The Bertz CT molecular complexity index is 92.5. The molecule has 1 rings (SSSR count). The number of carbonyl (C=O) groups excluding carboxylic acids is 1. The predicted octanol–water partition coefficient (Wildman–Crippen LogP) is 1.59. The molecule has 1 nitrogen and oxygen atoms in total. The third kappa shape index (κ3) is 1.22. The molecule has 0 aromatic rings. The normalized spacial score (nSPS) is 37.6. The summed E-state index contributed by atoms with van der Waals surface area (Å²) in [6, 6.07) is 0. The Morgan fingerprint density at radius 2 is 2.25 bits per heavy atom. The van der Waals surface area contributed by atoms with Crippen molar-refractivity contribution in [1.82, 2.24) is 0 Å². The second-order valence-electron chi connectivity index (χ2n) is 2.31. The molecule has 2 heteroatoms. The standard InChI is InChI=1S/C6H9ClO/c7-6-2-1-5(3-6)4-8/h4-6H,1-3H2. The number of rotatable bonds is 1. The summed E-state index contributed by atoms with van der Waals surface area (Å²) in [6.45, 7) is 0. The van der Waals surface area contributed by atoms with Crippen LogP contribution in [0.5, 0.6) is 0 Å². The Balaban J connectivity index is 2.32. The molecule has 0 heterocycles. The fraction of sp³-hybridized carbons (Fsp3) is 0.833. The number of alkyl halides is 1. The maximum absolute atomic E-state index is 10.1. The quantitative estimate of drug-likeness (QED) is 0.391. The maximum atomic E-state index is 10.1.